The summed E-state index contributed by atoms with van der Waals surface area (Å²) in [5.41, 5.74) is 2.39. The molecule has 0 radical (unpaired) electrons. The SMILES string of the molecule is COc1ccc(CCc2ccccc2OC[C@H](O)CN2C=CNC=C2)cc1. The van der Waals surface area contributed by atoms with Crippen molar-refractivity contribution in [3.8, 4) is 11.5 Å². The number of aryl methyl sites for hydroxylation is 2. The molecule has 0 aromatic heterocycles. The van der Waals surface area contributed by atoms with Crippen LogP contribution >= 0.6 is 0 Å². The Morgan fingerprint density at radius 3 is 2.48 bits per heavy atom. The van der Waals surface area contributed by atoms with Crippen molar-refractivity contribution in [1.82, 2.24) is 10.2 Å². The molecule has 27 heavy (non-hydrogen) atoms. The highest BCUT2D eigenvalue weighted by atomic mass is 16.5. The maximum absolute atomic E-state index is 10.2. The van der Waals surface area contributed by atoms with Gasteiger partial charge in [0, 0.05) is 24.8 Å². The minimum absolute atomic E-state index is 0.255. The van der Waals surface area contributed by atoms with Crippen molar-refractivity contribution in [1.29, 1.82) is 0 Å². The Morgan fingerprint density at radius 1 is 1.00 bits per heavy atom. The smallest absolute Gasteiger partial charge is 0.122 e. The summed E-state index contributed by atoms with van der Waals surface area (Å²) in [7, 11) is 1.67. The number of aliphatic hydroxyl groups is 1. The van der Waals surface area contributed by atoms with Crippen LogP contribution < -0.4 is 14.8 Å². The molecule has 1 heterocycles. The maximum atomic E-state index is 10.2. The second kappa shape index (κ2) is 9.69. The largest absolute Gasteiger partial charge is 0.497 e. The monoisotopic (exact) mass is 366 g/mol. The van der Waals surface area contributed by atoms with Crippen molar-refractivity contribution in [3.05, 3.63) is 84.5 Å². The number of para-hydroxylation sites is 1. The van der Waals surface area contributed by atoms with E-state index in [1.165, 1.54) is 5.56 Å². The van der Waals surface area contributed by atoms with Crippen molar-refractivity contribution >= 4 is 0 Å². The minimum Gasteiger partial charge on any atom is -0.497 e. The summed E-state index contributed by atoms with van der Waals surface area (Å²) >= 11 is 0. The van der Waals surface area contributed by atoms with E-state index in [0.29, 0.717) is 6.54 Å². The summed E-state index contributed by atoms with van der Waals surface area (Å²) in [5.74, 6) is 1.70. The van der Waals surface area contributed by atoms with Crippen LogP contribution in [0.15, 0.2) is 73.3 Å². The van der Waals surface area contributed by atoms with Crippen LogP contribution in [0.4, 0.5) is 0 Å². The molecule has 0 spiro atoms. The van der Waals surface area contributed by atoms with E-state index in [-0.39, 0.29) is 6.61 Å². The summed E-state index contributed by atoms with van der Waals surface area (Å²) in [6.07, 6.45) is 8.62. The van der Waals surface area contributed by atoms with Crippen LogP contribution in [0.1, 0.15) is 11.1 Å². The second-order valence-corrected chi connectivity index (χ2v) is 6.42. The van der Waals surface area contributed by atoms with Gasteiger partial charge in [-0.05, 0) is 42.2 Å². The first kappa shape index (κ1) is 18.9. The third kappa shape index (κ3) is 5.79. The molecule has 0 amide bonds. The van der Waals surface area contributed by atoms with Gasteiger partial charge in [-0.1, -0.05) is 30.3 Å². The summed E-state index contributed by atoms with van der Waals surface area (Å²) in [6.45, 7) is 0.744. The van der Waals surface area contributed by atoms with Gasteiger partial charge in [-0.2, -0.15) is 0 Å². The number of nitrogens with zero attached hydrogens (tertiary/aromatic N) is 1. The molecule has 2 aromatic rings. The van der Waals surface area contributed by atoms with Crippen LogP contribution in [-0.4, -0.2) is 36.4 Å². The van der Waals surface area contributed by atoms with Crippen molar-refractivity contribution in [2.24, 2.45) is 0 Å². The van der Waals surface area contributed by atoms with E-state index in [1.807, 2.05) is 60.0 Å². The molecule has 0 unspecified atom stereocenters. The number of β-amino-alcohol motifs (C(OH)–C–C–N with tert-alkyl or cyclic N) is 1. The van der Waals surface area contributed by atoms with Crippen molar-refractivity contribution in [3.63, 3.8) is 0 Å². The lowest BCUT2D eigenvalue weighted by atomic mass is 10.0. The Hall–Kier alpha value is -2.92. The van der Waals surface area contributed by atoms with Gasteiger partial charge < -0.3 is 24.8 Å². The molecule has 2 aromatic carbocycles. The third-order valence-corrected chi connectivity index (χ3v) is 4.39. The Kier molecular flexibility index (Phi) is 6.77. The highest BCUT2D eigenvalue weighted by Gasteiger charge is 2.11. The fraction of sp³-hybridized carbons (Fsp3) is 0.273. The third-order valence-electron chi connectivity index (χ3n) is 4.39. The first-order valence-corrected chi connectivity index (χ1v) is 9.11. The lowest BCUT2D eigenvalue weighted by Crippen LogP contribution is -2.31. The summed E-state index contributed by atoms with van der Waals surface area (Å²) in [5, 5.41) is 13.2. The van der Waals surface area contributed by atoms with Crippen LogP contribution in [0, 0.1) is 0 Å². The van der Waals surface area contributed by atoms with Gasteiger partial charge in [-0.3, -0.25) is 0 Å². The number of rotatable bonds is 9. The zero-order valence-corrected chi connectivity index (χ0v) is 15.5. The predicted octanol–water partition coefficient (Wildman–Crippen LogP) is 3.07. The van der Waals surface area contributed by atoms with Gasteiger partial charge in [0.25, 0.3) is 0 Å². The number of hydrogen-bond donors (Lipinski definition) is 2. The summed E-state index contributed by atoms with van der Waals surface area (Å²) < 4.78 is 11.1. The topological polar surface area (TPSA) is 54.0 Å². The number of benzene rings is 2. The molecule has 1 aliphatic rings. The Bertz CT molecular complexity index is 759. The first-order chi connectivity index (χ1) is 13.2. The molecule has 3 rings (SSSR count). The van der Waals surface area contributed by atoms with Gasteiger partial charge in [-0.15, -0.1) is 0 Å². The molecule has 0 aliphatic carbocycles. The van der Waals surface area contributed by atoms with Gasteiger partial charge in [-0.25, -0.2) is 0 Å². The molecular weight excluding hydrogens is 340 g/mol. The van der Waals surface area contributed by atoms with Crippen LogP contribution in [0.25, 0.3) is 0 Å². The van der Waals surface area contributed by atoms with Crippen molar-refractivity contribution < 1.29 is 14.6 Å². The van der Waals surface area contributed by atoms with Crippen molar-refractivity contribution in [2.75, 3.05) is 20.3 Å². The standard InChI is InChI=1S/C22H26N2O3/c1-26-21-10-7-18(8-11-21)6-9-19-4-2-3-5-22(19)27-17-20(25)16-24-14-12-23-13-15-24/h2-5,7-8,10-15,20,23,25H,6,9,16-17H2,1H3/t20-/m1/s1. The lowest BCUT2D eigenvalue weighted by Gasteiger charge is -2.22. The lowest BCUT2D eigenvalue weighted by molar-refractivity contribution is 0.0904. The van der Waals surface area contributed by atoms with Gasteiger partial charge in [0.1, 0.15) is 24.2 Å². The number of ether oxygens (including phenoxy) is 2. The molecule has 142 valence electrons. The predicted molar refractivity (Wildman–Crippen MR) is 106 cm³/mol. The highest BCUT2D eigenvalue weighted by molar-refractivity contribution is 5.35. The van der Waals surface area contributed by atoms with Crippen LogP contribution in [0.3, 0.4) is 0 Å². The van der Waals surface area contributed by atoms with E-state index in [9.17, 15) is 5.11 Å². The highest BCUT2D eigenvalue weighted by Crippen LogP contribution is 2.21. The molecule has 0 fully saturated rings. The molecule has 5 heteroatoms. The Balaban J connectivity index is 1.52. The molecule has 0 saturated carbocycles. The van der Waals surface area contributed by atoms with Gasteiger partial charge >= 0.3 is 0 Å². The normalized spacial score (nSPS) is 13.9. The van der Waals surface area contributed by atoms with Gasteiger partial charge in [0.15, 0.2) is 0 Å². The fourth-order valence-electron chi connectivity index (χ4n) is 2.91. The van der Waals surface area contributed by atoms with E-state index in [0.717, 1.165) is 29.9 Å². The minimum atomic E-state index is -0.577. The zero-order chi connectivity index (χ0) is 18.9. The van der Waals surface area contributed by atoms with Crippen LogP contribution in [0.5, 0.6) is 11.5 Å². The van der Waals surface area contributed by atoms with Crippen molar-refractivity contribution in [2.45, 2.75) is 18.9 Å². The van der Waals surface area contributed by atoms with Crippen LogP contribution in [-0.2, 0) is 12.8 Å². The number of aliphatic hydroxyl groups excluding tert-OH is 1. The molecule has 0 saturated heterocycles. The first-order valence-electron chi connectivity index (χ1n) is 9.11. The molecular formula is C22H26N2O3. The maximum Gasteiger partial charge on any atom is 0.122 e. The average molecular weight is 366 g/mol. The summed E-state index contributed by atoms with van der Waals surface area (Å²) in [6, 6.07) is 16.1. The molecule has 2 N–H and O–H groups in total. The molecule has 5 nitrogen and oxygen atoms in total. The Morgan fingerprint density at radius 2 is 1.74 bits per heavy atom. The fourth-order valence-corrected chi connectivity index (χ4v) is 2.91. The summed E-state index contributed by atoms with van der Waals surface area (Å²) in [4.78, 5) is 1.92. The number of hydrogen-bond acceptors (Lipinski definition) is 5. The van der Waals surface area contributed by atoms with Crippen LogP contribution in [0.2, 0.25) is 0 Å². The Labute approximate surface area is 160 Å². The average Bonchev–Trinajstić information content (AvgIpc) is 2.72. The zero-order valence-electron chi connectivity index (χ0n) is 15.5. The molecule has 0 bridgehead atoms. The van der Waals surface area contributed by atoms with Gasteiger partial charge in [0.05, 0.1) is 13.7 Å². The number of methoxy groups -OCH3 is 1. The van der Waals surface area contributed by atoms with E-state index >= 15 is 0 Å². The van der Waals surface area contributed by atoms with E-state index in [4.69, 9.17) is 9.47 Å². The number of nitrogens with one attached hydrogen (secondary N) is 1. The van der Waals surface area contributed by atoms with Gasteiger partial charge in [0.2, 0.25) is 0 Å². The molecule has 1 atom stereocenters. The van der Waals surface area contributed by atoms with E-state index in [1.54, 1.807) is 7.11 Å². The second-order valence-electron chi connectivity index (χ2n) is 6.42. The molecule has 1 aliphatic heterocycles. The quantitative estimate of drug-likeness (QED) is 0.714. The van der Waals surface area contributed by atoms with E-state index in [2.05, 4.69) is 23.5 Å². The van der Waals surface area contributed by atoms with E-state index < -0.39 is 6.10 Å².